The van der Waals surface area contributed by atoms with Gasteiger partial charge in [-0.05, 0) is 50.9 Å². The molecule has 1 aliphatic carbocycles. The third-order valence-electron chi connectivity index (χ3n) is 3.76. The number of primary amides is 1. The standard InChI is InChI=1S/C15H24N4O/c1-15(14(16)20,18-13-3-4-13)11-19(2)10-7-12-5-8-17-9-6-12/h5-6,8-9,13,18H,3-4,7,10-11H2,1-2H3,(H2,16,20). The zero-order chi connectivity index (χ0) is 14.6. The molecule has 5 nitrogen and oxygen atoms in total. The molecule has 1 atom stereocenters. The van der Waals surface area contributed by atoms with E-state index in [1.807, 2.05) is 26.1 Å². The summed E-state index contributed by atoms with van der Waals surface area (Å²) in [5.74, 6) is -0.278. The summed E-state index contributed by atoms with van der Waals surface area (Å²) >= 11 is 0. The summed E-state index contributed by atoms with van der Waals surface area (Å²) < 4.78 is 0. The highest BCUT2D eigenvalue weighted by Crippen LogP contribution is 2.22. The van der Waals surface area contributed by atoms with Gasteiger partial charge in [0.2, 0.25) is 5.91 Å². The Morgan fingerprint density at radius 1 is 1.50 bits per heavy atom. The molecule has 1 heterocycles. The first-order valence-corrected chi connectivity index (χ1v) is 7.15. The van der Waals surface area contributed by atoms with E-state index >= 15 is 0 Å². The molecular formula is C15H24N4O. The van der Waals surface area contributed by atoms with Gasteiger partial charge in [-0.1, -0.05) is 0 Å². The first kappa shape index (κ1) is 14.9. The van der Waals surface area contributed by atoms with E-state index in [1.54, 1.807) is 12.4 Å². The van der Waals surface area contributed by atoms with Gasteiger partial charge in [0.25, 0.3) is 0 Å². The van der Waals surface area contributed by atoms with Gasteiger partial charge in [0.05, 0.1) is 0 Å². The minimum absolute atomic E-state index is 0.278. The van der Waals surface area contributed by atoms with Crippen LogP contribution in [0.3, 0.4) is 0 Å². The third kappa shape index (κ3) is 4.28. The number of pyridine rings is 1. The molecule has 1 amide bonds. The summed E-state index contributed by atoms with van der Waals surface area (Å²) in [5.41, 5.74) is 6.17. The fourth-order valence-corrected chi connectivity index (χ4v) is 2.36. The number of likely N-dealkylation sites (N-methyl/N-ethyl adjacent to an activating group) is 1. The van der Waals surface area contributed by atoms with Crippen molar-refractivity contribution in [3.63, 3.8) is 0 Å². The van der Waals surface area contributed by atoms with Crippen LogP contribution < -0.4 is 11.1 Å². The van der Waals surface area contributed by atoms with Crippen molar-refractivity contribution in [2.75, 3.05) is 20.1 Å². The van der Waals surface area contributed by atoms with Gasteiger partial charge in [-0.3, -0.25) is 15.1 Å². The maximum absolute atomic E-state index is 11.7. The van der Waals surface area contributed by atoms with E-state index in [2.05, 4.69) is 15.2 Å². The first-order chi connectivity index (χ1) is 9.49. The number of aromatic nitrogens is 1. The van der Waals surface area contributed by atoms with E-state index < -0.39 is 5.54 Å². The predicted octanol–water partition coefficient (Wildman–Crippen LogP) is 0.552. The lowest BCUT2D eigenvalue weighted by Gasteiger charge is -2.32. The van der Waals surface area contributed by atoms with Crippen LogP contribution >= 0.6 is 0 Å². The maximum Gasteiger partial charge on any atom is 0.238 e. The van der Waals surface area contributed by atoms with Gasteiger partial charge >= 0.3 is 0 Å². The van der Waals surface area contributed by atoms with E-state index in [9.17, 15) is 4.79 Å². The Morgan fingerprint density at radius 2 is 2.15 bits per heavy atom. The van der Waals surface area contributed by atoms with Crippen molar-refractivity contribution >= 4 is 5.91 Å². The summed E-state index contributed by atoms with van der Waals surface area (Å²) in [6.07, 6.45) is 6.83. The van der Waals surface area contributed by atoms with Crippen molar-refractivity contribution in [1.29, 1.82) is 0 Å². The number of carbonyl (C=O) groups is 1. The van der Waals surface area contributed by atoms with E-state index in [1.165, 1.54) is 5.56 Å². The Bertz CT molecular complexity index is 446. The molecule has 0 radical (unpaired) electrons. The quantitative estimate of drug-likeness (QED) is 0.727. The fourth-order valence-electron chi connectivity index (χ4n) is 2.36. The number of amides is 1. The van der Waals surface area contributed by atoms with Crippen LogP contribution in [0, 0.1) is 0 Å². The van der Waals surface area contributed by atoms with Crippen molar-refractivity contribution < 1.29 is 4.79 Å². The molecule has 1 unspecified atom stereocenters. The second-order valence-corrected chi connectivity index (χ2v) is 5.96. The van der Waals surface area contributed by atoms with Crippen LogP contribution in [-0.4, -0.2) is 47.5 Å². The summed E-state index contributed by atoms with van der Waals surface area (Å²) in [4.78, 5) is 17.9. The first-order valence-electron chi connectivity index (χ1n) is 7.15. The summed E-state index contributed by atoms with van der Waals surface area (Å²) in [7, 11) is 2.02. The molecule has 1 aromatic heterocycles. The van der Waals surface area contributed by atoms with E-state index in [-0.39, 0.29) is 5.91 Å². The molecular weight excluding hydrogens is 252 g/mol. The lowest BCUT2D eigenvalue weighted by molar-refractivity contribution is -0.124. The van der Waals surface area contributed by atoms with Gasteiger partial charge in [0.15, 0.2) is 0 Å². The topological polar surface area (TPSA) is 71.2 Å². The Balaban J connectivity index is 1.84. The largest absolute Gasteiger partial charge is 0.368 e. The second kappa shape index (κ2) is 6.33. The van der Waals surface area contributed by atoms with E-state index in [0.717, 1.165) is 25.8 Å². The number of nitrogens with zero attached hydrogens (tertiary/aromatic N) is 2. The molecule has 1 saturated carbocycles. The predicted molar refractivity (Wildman–Crippen MR) is 79.2 cm³/mol. The highest BCUT2D eigenvalue weighted by atomic mass is 16.1. The minimum atomic E-state index is -0.645. The van der Waals surface area contributed by atoms with E-state index in [0.29, 0.717) is 12.6 Å². The molecule has 2 rings (SSSR count). The molecule has 0 spiro atoms. The van der Waals surface area contributed by atoms with Gasteiger partial charge in [0.1, 0.15) is 5.54 Å². The van der Waals surface area contributed by atoms with Gasteiger partial charge < -0.3 is 10.6 Å². The second-order valence-electron chi connectivity index (χ2n) is 5.96. The number of rotatable bonds is 8. The number of hydrogen-bond donors (Lipinski definition) is 2. The van der Waals surface area contributed by atoms with Crippen LogP contribution in [0.5, 0.6) is 0 Å². The molecule has 0 bridgehead atoms. The Kier molecular flexibility index (Phi) is 4.73. The van der Waals surface area contributed by atoms with Crippen LogP contribution in [0.2, 0.25) is 0 Å². The average molecular weight is 276 g/mol. The van der Waals surface area contributed by atoms with Crippen LogP contribution in [0.4, 0.5) is 0 Å². The van der Waals surface area contributed by atoms with Crippen LogP contribution in [0.25, 0.3) is 0 Å². The Morgan fingerprint density at radius 3 is 2.70 bits per heavy atom. The van der Waals surface area contributed by atoms with Crippen molar-refractivity contribution in [2.24, 2.45) is 5.73 Å². The molecule has 1 aliphatic rings. The zero-order valence-electron chi connectivity index (χ0n) is 12.3. The Hall–Kier alpha value is -1.46. The summed E-state index contributed by atoms with van der Waals surface area (Å²) in [6, 6.07) is 4.49. The van der Waals surface area contributed by atoms with Gasteiger partial charge in [-0.2, -0.15) is 0 Å². The molecule has 0 aliphatic heterocycles. The van der Waals surface area contributed by atoms with Crippen molar-refractivity contribution in [2.45, 2.75) is 37.8 Å². The van der Waals surface area contributed by atoms with Crippen molar-refractivity contribution in [1.82, 2.24) is 15.2 Å². The molecule has 0 aromatic carbocycles. The number of nitrogens with one attached hydrogen (secondary N) is 1. The SMILES string of the molecule is CN(CCc1ccncc1)CC(C)(NC1CC1)C(N)=O. The van der Waals surface area contributed by atoms with Gasteiger partial charge in [-0.15, -0.1) is 0 Å². The normalized spacial score (nSPS) is 17.9. The lowest BCUT2D eigenvalue weighted by atomic mass is 10.0. The maximum atomic E-state index is 11.7. The smallest absolute Gasteiger partial charge is 0.238 e. The van der Waals surface area contributed by atoms with Crippen molar-refractivity contribution in [3.8, 4) is 0 Å². The zero-order valence-corrected chi connectivity index (χ0v) is 12.3. The number of nitrogens with two attached hydrogens (primary N) is 1. The molecule has 1 fully saturated rings. The molecule has 110 valence electrons. The lowest BCUT2D eigenvalue weighted by Crippen LogP contribution is -2.59. The molecule has 0 saturated heterocycles. The average Bonchev–Trinajstić information content (AvgIpc) is 3.21. The monoisotopic (exact) mass is 276 g/mol. The van der Waals surface area contributed by atoms with Crippen molar-refractivity contribution in [3.05, 3.63) is 30.1 Å². The minimum Gasteiger partial charge on any atom is -0.368 e. The third-order valence-corrected chi connectivity index (χ3v) is 3.76. The van der Waals surface area contributed by atoms with Crippen LogP contribution in [0.1, 0.15) is 25.3 Å². The molecule has 5 heteroatoms. The van der Waals surface area contributed by atoms with Crippen LogP contribution in [-0.2, 0) is 11.2 Å². The molecule has 1 aromatic rings. The number of carbonyl (C=O) groups excluding carboxylic acids is 1. The molecule has 20 heavy (non-hydrogen) atoms. The van der Waals surface area contributed by atoms with E-state index in [4.69, 9.17) is 5.73 Å². The molecule has 3 N–H and O–H groups in total. The van der Waals surface area contributed by atoms with Crippen LogP contribution in [0.15, 0.2) is 24.5 Å². The number of hydrogen-bond acceptors (Lipinski definition) is 4. The Labute approximate surface area is 120 Å². The van der Waals surface area contributed by atoms with Gasteiger partial charge in [0, 0.05) is 31.5 Å². The summed E-state index contributed by atoms with van der Waals surface area (Å²) in [6.45, 7) is 3.42. The summed E-state index contributed by atoms with van der Waals surface area (Å²) in [5, 5.41) is 3.37. The van der Waals surface area contributed by atoms with Gasteiger partial charge in [-0.25, -0.2) is 0 Å². The highest BCUT2D eigenvalue weighted by Gasteiger charge is 2.37. The highest BCUT2D eigenvalue weighted by molar-refractivity contribution is 5.84. The fraction of sp³-hybridized carbons (Fsp3) is 0.600.